The minimum absolute atomic E-state index is 0. The standard InChI is InChI=1S/C40H34NO2P.C6H6S.Au/c1-40(2,3)33-21-15-30(16-22-33)38-27-32(28-39(41-38)31-17-23-34(43-4)24-18-31)29-19-25-37(26-20-29)44(42,35-11-7-5-8-12-35)36-13-9-6-10-14-36;7-6-4-2-1-3-5-6;/h5-15,17,19-28H,1-4H3;1-5,7H;/q-2;;+3/p-1. The summed E-state index contributed by atoms with van der Waals surface area (Å²) in [5.74, 6) is 0.744. The summed E-state index contributed by atoms with van der Waals surface area (Å²) in [5.41, 5.74) is 6.68. The molecule has 7 rings (SSSR count). The Balaban J connectivity index is 0.000000586. The molecule has 0 radical (unpaired) electrons. The number of benzene rings is 6. The zero-order chi connectivity index (χ0) is 35.8. The average molecular weight is 898 g/mol. The van der Waals surface area contributed by atoms with E-state index in [4.69, 9.17) is 22.3 Å². The molecule has 6 aromatic carbocycles. The van der Waals surface area contributed by atoms with Crippen molar-refractivity contribution in [2.45, 2.75) is 31.1 Å². The third kappa shape index (κ3) is 9.08. The van der Waals surface area contributed by atoms with Crippen molar-refractivity contribution < 1.29 is 31.7 Å². The first kappa shape index (κ1) is 38.7. The van der Waals surface area contributed by atoms with Gasteiger partial charge in [0, 0.05) is 21.7 Å². The van der Waals surface area contributed by atoms with Crippen molar-refractivity contribution in [1.29, 1.82) is 0 Å². The van der Waals surface area contributed by atoms with Crippen LogP contribution >= 0.6 is 7.14 Å². The van der Waals surface area contributed by atoms with Gasteiger partial charge in [0.15, 0.2) is 7.14 Å². The van der Waals surface area contributed by atoms with Crippen LogP contribution in [0.5, 0.6) is 5.75 Å². The van der Waals surface area contributed by atoms with Crippen LogP contribution in [0.1, 0.15) is 26.3 Å². The summed E-state index contributed by atoms with van der Waals surface area (Å²) in [6, 6.07) is 60.2. The predicted molar refractivity (Wildman–Crippen MR) is 215 cm³/mol. The zero-order valence-electron chi connectivity index (χ0n) is 29.5. The number of methoxy groups -OCH3 is 1. The van der Waals surface area contributed by atoms with Crippen LogP contribution in [-0.2, 0) is 45.0 Å². The van der Waals surface area contributed by atoms with E-state index in [1.165, 1.54) is 5.56 Å². The van der Waals surface area contributed by atoms with E-state index in [0.717, 1.165) is 60.2 Å². The molecule has 0 aliphatic heterocycles. The smallest absolute Gasteiger partial charge is 0.780 e. The molecule has 0 spiro atoms. The topological polar surface area (TPSA) is 39.2 Å². The van der Waals surface area contributed by atoms with Gasteiger partial charge in [0.1, 0.15) is 0 Å². The number of rotatable bonds is 7. The first-order chi connectivity index (χ1) is 24.6. The van der Waals surface area contributed by atoms with Crippen LogP contribution in [0.3, 0.4) is 0 Å². The Labute approximate surface area is 329 Å². The van der Waals surface area contributed by atoms with E-state index in [9.17, 15) is 4.57 Å². The van der Waals surface area contributed by atoms with E-state index in [1.807, 2.05) is 121 Å². The molecule has 0 saturated heterocycles. The molecule has 1 aromatic heterocycles. The number of hydrogen-bond acceptors (Lipinski definition) is 4. The van der Waals surface area contributed by atoms with Crippen molar-refractivity contribution in [3.63, 3.8) is 0 Å². The van der Waals surface area contributed by atoms with Gasteiger partial charge in [-0.2, -0.15) is 4.90 Å². The van der Waals surface area contributed by atoms with E-state index in [0.29, 0.717) is 0 Å². The van der Waals surface area contributed by atoms with Crippen molar-refractivity contribution in [2.24, 2.45) is 0 Å². The number of hydrogen-bond donors (Lipinski definition) is 0. The van der Waals surface area contributed by atoms with E-state index < -0.39 is 7.14 Å². The van der Waals surface area contributed by atoms with Crippen LogP contribution in [0.4, 0.5) is 0 Å². The third-order valence-corrected chi connectivity index (χ3v) is 12.0. The predicted octanol–water partition coefficient (Wildman–Crippen LogP) is 10.2. The second-order valence-corrected chi connectivity index (χ2v) is 16.4. The van der Waals surface area contributed by atoms with E-state index in [1.54, 1.807) is 7.11 Å². The molecule has 52 heavy (non-hydrogen) atoms. The number of ether oxygens (including phenoxy) is 1. The first-order valence-electron chi connectivity index (χ1n) is 16.8. The Morgan fingerprint density at radius 2 is 1.08 bits per heavy atom. The van der Waals surface area contributed by atoms with Crippen LogP contribution in [0.2, 0.25) is 0 Å². The van der Waals surface area contributed by atoms with Gasteiger partial charge in [-0.25, -0.2) is 0 Å². The van der Waals surface area contributed by atoms with Gasteiger partial charge < -0.3 is 26.9 Å². The van der Waals surface area contributed by atoms with Gasteiger partial charge >= 0.3 is 22.4 Å². The van der Waals surface area contributed by atoms with Crippen molar-refractivity contribution in [3.05, 3.63) is 181 Å². The van der Waals surface area contributed by atoms with Gasteiger partial charge in [-0.1, -0.05) is 148 Å². The molecule has 0 aliphatic rings. The molecule has 262 valence electrons. The molecule has 0 unspecified atom stereocenters. The minimum Gasteiger partial charge on any atom is -0.780 e. The second-order valence-electron chi connectivity index (χ2n) is 13.1. The molecular weight excluding hydrogens is 859 g/mol. The number of aromatic nitrogens is 1. The molecule has 7 aromatic rings. The summed E-state index contributed by atoms with van der Waals surface area (Å²) < 4.78 is 20.2. The van der Waals surface area contributed by atoms with E-state index >= 15 is 0 Å². The van der Waals surface area contributed by atoms with Crippen molar-refractivity contribution >= 4 is 35.7 Å². The van der Waals surface area contributed by atoms with Gasteiger partial charge in [0.05, 0.1) is 7.11 Å². The molecule has 6 heteroatoms. The fraction of sp³-hybridized carbons (Fsp3) is 0.109. The third-order valence-electron chi connectivity index (χ3n) is 8.62. The molecule has 0 N–H and O–H groups in total. The van der Waals surface area contributed by atoms with Gasteiger partial charge in [-0.05, 0) is 27.9 Å². The molecule has 0 atom stereocenters. The van der Waals surface area contributed by atoms with Crippen molar-refractivity contribution in [1.82, 2.24) is 4.98 Å². The maximum atomic E-state index is 14.9. The fourth-order valence-electron chi connectivity index (χ4n) is 5.73. The Morgan fingerprint density at radius 1 is 0.596 bits per heavy atom. The minimum atomic E-state index is -3.06. The SMILES string of the molecule is COc1c[c-]c(-c2cc(-c3ccc(P(=O)(c4ccccc4)c4ccccc4)cc3)cc(-c3[c-]cc(C(C)(C)C)cc3)n2)cc1.[Au+3].[S-]c1ccccc1. The molecule has 1 heterocycles. The zero-order valence-corrected chi connectivity index (χ0v) is 33.4. The molecule has 0 saturated carbocycles. The Morgan fingerprint density at radius 3 is 1.48 bits per heavy atom. The van der Waals surface area contributed by atoms with Crippen LogP contribution in [0.15, 0.2) is 169 Å². The normalized spacial score (nSPS) is 11.1. The number of pyridine rings is 1. The van der Waals surface area contributed by atoms with Crippen molar-refractivity contribution in [2.75, 3.05) is 7.11 Å². The summed E-state index contributed by atoms with van der Waals surface area (Å²) in [4.78, 5) is 5.94. The van der Waals surface area contributed by atoms with Crippen LogP contribution in [-0.4, -0.2) is 12.1 Å². The first-order valence-corrected chi connectivity index (χ1v) is 18.9. The summed E-state index contributed by atoms with van der Waals surface area (Å²) in [6.45, 7) is 6.60. The van der Waals surface area contributed by atoms with Crippen LogP contribution in [0, 0.1) is 12.1 Å². The molecule has 3 nitrogen and oxygen atoms in total. The number of nitrogens with zero attached hydrogens (tertiary/aromatic N) is 1. The van der Waals surface area contributed by atoms with E-state index in [-0.39, 0.29) is 27.8 Å². The average Bonchev–Trinajstić information content (AvgIpc) is 3.18. The molecule has 0 bridgehead atoms. The van der Waals surface area contributed by atoms with Gasteiger partial charge in [-0.3, -0.25) is 0 Å². The van der Waals surface area contributed by atoms with Crippen LogP contribution < -0.4 is 20.7 Å². The maximum Gasteiger partial charge on any atom is 3.00 e. The molecular formula is C46H39AuNO2PS. The largest absolute Gasteiger partial charge is 3.00 e. The van der Waals surface area contributed by atoms with Gasteiger partial charge in [-0.15, -0.1) is 65.2 Å². The monoisotopic (exact) mass is 897 g/mol. The summed E-state index contributed by atoms with van der Waals surface area (Å²) in [7, 11) is -1.42. The Kier molecular flexibility index (Phi) is 12.9. The second kappa shape index (κ2) is 17.3. The maximum absolute atomic E-state index is 14.9. The summed E-state index contributed by atoms with van der Waals surface area (Å²) in [5, 5.41) is 2.43. The summed E-state index contributed by atoms with van der Waals surface area (Å²) >= 11 is 4.81. The molecule has 0 aliphatic carbocycles. The molecule has 0 amide bonds. The Hall–Kier alpha value is -4.54. The quantitative estimate of drug-likeness (QED) is 0.0692. The van der Waals surface area contributed by atoms with E-state index in [2.05, 4.69) is 75.4 Å². The van der Waals surface area contributed by atoms with Crippen LogP contribution in [0.25, 0.3) is 33.6 Å². The summed E-state index contributed by atoms with van der Waals surface area (Å²) in [6.07, 6.45) is 0. The van der Waals surface area contributed by atoms with Crippen molar-refractivity contribution in [3.8, 4) is 39.4 Å². The molecule has 0 fully saturated rings. The fourth-order valence-corrected chi connectivity index (χ4v) is 8.53. The van der Waals surface area contributed by atoms with Gasteiger partial charge in [0.2, 0.25) is 0 Å². The Bertz CT molecular complexity index is 2180. The van der Waals surface area contributed by atoms with Gasteiger partial charge in [0.25, 0.3) is 0 Å².